The van der Waals surface area contributed by atoms with E-state index in [0.29, 0.717) is 0 Å². The van der Waals surface area contributed by atoms with E-state index in [9.17, 15) is 5.11 Å². The van der Waals surface area contributed by atoms with Crippen LogP contribution in [0, 0.1) is 0 Å². The highest BCUT2D eigenvalue weighted by Crippen LogP contribution is 2.30. The largest absolute Gasteiger partial charge is 0.385 e. The average Bonchev–Trinajstić information content (AvgIpc) is 2.94. The number of rotatable bonds is 4. The summed E-state index contributed by atoms with van der Waals surface area (Å²) in [6.45, 7) is 3.03. The normalized spacial score (nSPS) is 19.2. The first-order valence-corrected chi connectivity index (χ1v) is 7.32. The zero-order valence-corrected chi connectivity index (χ0v) is 11.8. The first kappa shape index (κ1) is 13.2. The molecule has 0 amide bonds. The van der Waals surface area contributed by atoms with Gasteiger partial charge in [0, 0.05) is 12.2 Å². The number of aliphatic hydroxyl groups excluding tert-OH is 1. The highest BCUT2D eigenvalue weighted by molar-refractivity contribution is 5.54. The fraction of sp³-hybridized carbons (Fsp3) is 0.438. The summed E-state index contributed by atoms with van der Waals surface area (Å²) in [7, 11) is 0. The van der Waals surface area contributed by atoms with Gasteiger partial charge >= 0.3 is 0 Å². The molecule has 0 fully saturated rings. The number of aryl methyl sites for hydroxylation is 2. The van der Waals surface area contributed by atoms with Gasteiger partial charge in [-0.05, 0) is 30.9 Å². The van der Waals surface area contributed by atoms with Gasteiger partial charge in [-0.15, -0.1) is 0 Å². The van der Waals surface area contributed by atoms with Gasteiger partial charge in [0.25, 0.3) is 0 Å². The van der Waals surface area contributed by atoms with Crippen molar-refractivity contribution in [3.8, 4) is 0 Å². The number of fused-ring (bicyclic) bond motifs is 1. The lowest BCUT2D eigenvalue weighted by Gasteiger charge is -2.31. The minimum Gasteiger partial charge on any atom is -0.385 e. The number of hydrogen-bond acceptors (Lipinski definition) is 3. The molecule has 0 saturated heterocycles. The molecule has 3 rings (SSSR count). The van der Waals surface area contributed by atoms with Crippen molar-refractivity contribution < 1.29 is 5.11 Å². The quantitative estimate of drug-likeness (QED) is 0.899. The third-order valence-corrected chi connectivity index (χ3v) is 3.98. The highest BCUT2D eigenvalue weighted by Gasteiger charge is 2.27. The monoisotopic (exact) mass is 271 g/mol. The lowest BCUT2D eigenvalue weighted by molar-refractivity contribution is 0.140. The van der Waals surface area contributed by atoms with Crippen LogP contribution in [0.5, 0.6) is 0 Å². The van der Waals surface area contributed by atoms with Gasteiger partial charge in [-0.3, -0.25) is 0 Å². The van der Waals surface area contributed by atoms with Gasteiger partial charge < -0.3 is 15.0 Å². The molecule has 2 atom stereocenters. The molecule has 0 spiro atoms. The molecule has 0 bridgehead atoms. The summed E-state index contributed by atoms with van der Waals surface area (Å²) in [5, 5.41) is 14.1. The molecule has 106 valence electrons. The summed E-state index contributed by atoms with van der Waals surface area (Å²) in [5.74, 6) is 0. The molecule has 1 aromatic carbocycles. The molecular weight excluding hydrogens is 250 g/mol. The lowest BCUT2D eigenvalue weighted by Crippen LogP contribution is -2.32. The van der Waals surface area contributed by atoms with Crippen LogP contribution in [0.15, 0.2) is 36.8 Å². The number of imidazole rings is 1. The van der Waals surface area contributed by atoms with Crippen LogP contribution in [0.4, 0.5) is 5.69 Å². The van der Waals surface area contributed by atoms with E-state index in [1.165, 1.54) is 5.56 Å². The highest BCUT2D eigenvalue weighted by atomic mass is 16.3. The summed E-state index contributed by atoms with van der Waals surface area (Å²) in [6, 6.07) is 8.37. The van der Waals surface area contributed by atoms with Crippen LogP contribution in [-0.2, 0) is 13.0 Å². The molecule has 1 aromatic heterocycles. The van der Waals surface area contributed by atoms with Gasteiger partial charge in [0.1, 0.15) is 6.10 Å². The standard InChI is InChI=1S/C16H21N3O/c1-2-9-19-11-17-10-15(19)16(20)14-8-7-12-5-3-4-6-13(12)18-14/h3-6,10-11,14,16,18,20H,2,7-9H2,1H3. The van der Waals surface area contributed by atoms with E-state index >= 15 is 0 Å². The van der Waals surface area contributed by atoms with E-state index in [2.05, 4.69) is 35.4 Å². The fourth-order valence-electron chi connectivity index (χ4n) is 2.91. The van der Waals surface area contributed by atoms with E-state index in [1.54, 1.807) is 12.5 Å². The van der Waals surface area contributed by atoms with Crippen LogP contribution in [-0.4, -0.2) is 20.7 Å². The molecule has 0 radical (unpaired) electrons. The molecule has 2 aromatic rings. The number of hydrogen-bond donors (Lipinski definition) is 2. The third-order valence-electron chi connectivity index (χ3n) is 3.98. The molecule has 1 aliphatic rings. The van der Waals surface area contributed by atoms with Crippen LogP contribution >= 0.6 is 0 Å². The molecule has 20 heavy (non-hydrogen) atoms. The maximum atomic E-state index is 10.6. The van der Waals surface area contributed by atoms with Crippen molar-refractivity contribution in [2.75, 3.05) is 5.32 Å². The zero-order chi connectivity index (χ0) is 13.9. The van der Waals surface area contributed by atoms with Gasteiger partial charge in [0.15, 0.2) is 0 Å². The van der Waals surface area contributed by atoms with E-state index in [4.69, 9.17) is 0 Å². The number of nitrogens with one attached hydrogen (secondary N) is 1. The summed E-state index contributed by atoms with van der Waals surface area (Å²) in [4.78, 5) is 4.18. The molecule has 4 nitrogen and oxygen atoms in total. The van der Waals surface area contributed by atoms with Crippen molar-refractivity contribution in [1.82, 2.24) is 9.55 Å². The second kappa shape index (κ2) is 5.67. The summed E-state index contributed by atoms with van der Waals surface area (Å²) in [5.41, 5.74) is 3.38. The molecule has 2 N–H and O–H groups in total. The Morgan fingerprint density at radius 2 is 2.30 bits per heavy atom. The van der Waals surface area contributed by atoms with Crippen LogP contribution < -0.4 is 5.32 Å². The number of aromatic nitrogens is 2. The van der Waals surface area contributed by atoms with Crippen molar-refractivity contribution in [2.45, 2.75) is 44.9 Å². The van der Waals surface area contributed by atoms with Crippen LogP contribution in [0.2, 0.25) is 0 Å². The molecule has 0 aliphatic carbocycles. The average molecular weight is 271 g/mol. The molecule has 1 aliphatic heterocycles. The number of benzene rings is 1. The van der Waals surface area contributed by atoms with E-state index in [0.717, 1.165) is 37.2 Å². The Kier molecular flexibility index (Phi) is 3.74. The Morgan fingerprint density at radius 1 is 1.45 bits per heavy atom. The Morgan fingerprint density at radius 3 is 3.15 bits per heavy atom. The molecular formula is C16H21N3O. The van der Waals surface area contributed by atoms with Gasteiger partial charge in [0.05, 0.1) is 24.3 Å². The SMILES string of the molecule is CCCn1cncc1C(O)C1CCc2ccccc2N1. The maximum absolute atomic E-state index is 10.6. The molecule has 0 saturated carbocycles. The van der Waals surface area contributed by atoms with Gasteiger partial charge in [-0.2, -0.15) is 0 Å². The first-order chi connectivity index (χ1) is 9.79. The van der Waals surface area contributed by atoms with Crippen molar-refractivity contribution >= 4 is 5.69 Å². The zero-order valence-electron chi connectivity index (χ0n) is 11.8. The minimum absolute atomic E-state index is 0.0530. The van der Waals surface area contributed by atoms with Crippen molar-refractivity contribution in [3.05, 3.63) is 48.0 Å². The smallest absolute Gasteiger partial charge is 0.116 e. The topological polar surface area (TPSA) is 50.1 Å². The molecule has 2 heterocycles. The lowest BCUT2D eigenvalue weighted by atomic mass is 9.94. The van der Waals surface area contributed by atoms with Crippen molar-refractivity contribution in [3.63, 3.8) is 0 Å². The number of para-hydroxylation sites is 1. The third kappa shape index (κ3) is 2.43. The van der Waals surface area contributed by atoms with E-state index in [-0.39, 0.29) is 6.04 Å². The Bertz CT molecular complexity index is 579. The van der Waals surface area contributed by atoms with Crippen molar-refractivity contribution in [1.29, 1.82) is 0 Å². The fourth-order valence-corrected chi connectivity index (χ4v) is 2.91. The Labute approximate surface area is 119 Å². The summed E-state index contributed by atoms with van der Waals surface area (Å²) < 4.78 is 2.05. The Hall–Kier alpha value is -1.81. The van der Waals surface area contributed by atoms with Crippen LogP contribution in [0.25, 0.3) is 0 Å². The van der Waals surface area contributed by atoms with Gasteiger partial charge in [-0.1, -0.05) is 25.1 Å². The van der Waals surface area contributed by atoms with E-state index < -0.39 is 6.10 Å². The van der Waals surface area contributed by atoms with Crippen LogP contribution in [0.3, 0.4) is 0 Å². The minimum atomic E-state index is -0.516. The van der Waals surface area contributed by atoms with Gasteiger partial charge in [-0.25, -0.2) is 4.98 Å². The summed E-state index contributed by atoms with van der Waals surface area (Å²) >= 11 is 0. The van der Waals surface area contributed by atoms with Crippen LogP contribution in [0.1, 0.15) is 37.1 Å². The second-order valence-electron chi connectivity index (χ2n) is 5.40. The number of aliphatic hydroxyl groups is 1. The number of anilines is 1. The predicted molar refractivity (Wildman–Crippen MR) is 79.7 cm³/mol. The molecule has 2 unspecified atom stereocenters. The Balaban J connectivity index is 1.78. The molecule has 4 heteroatoms. The predicted octanol–water partition coefficient (Wildman–Crippen LogP) is 2.75. The van der Waals surface area contributed by atoms with E-state index in [1.807, 2.05) is 10.6 Å². The summed E-state index contributed by atoms with van der Waals surface area (Å²) in [6.07, 6.45) is 6.05. The van der Waals surface area contributed by atoms with Gasteiger partial charge in [0.2, 0.25) is 0 Å². The van der Waals surface area contributed by atoms with Crippen molar-refractivity contribution in [2.24, 2.45) is 0 Å². The second-order valence-corrected chi connectivity index (χ2v) is 5.40. The number of nitrogens with zero attached hydrogens (tertiary/aromatic N) is 2. The first-order valence-electron chi connectivity index (χ1n) is 7.32. The maximum Gasteiger partial charge on any atom is 0.116 e.